The van der Waals surface area contributed by atoms with Crippen molar-refractivity contribution in [3.05, 3.63) is 54.1 Å². The number of hydrogen-bond donors (Lipinski definition) is 2. The number of aliphatic imine (C=N–C) groups is 1. The van der Waals surface area contributed by atoms with Crippen LogP contribution < -0.4 is 10.6 Å². The van der Waals surface area contributed by atoms with Crippen LogP contribution in [0.3, 0.4) is 0 Å². The summed E-state index contributed by atoms with van der Waals surface area (Å²) in [6.45, 7) is 4.84. The normalized spacial score (nSPS) is 11.0. The number of hydrogen-bond acceptors (Lipinski definition) is 2. The van der Waals surface area contributed by atoms with Crippen molar-refractivity contribution in [1.82, 2.24) is 20.4 Å². The van der Waals surface area contributed by atoms with Gasteiger partial charge >= 0.3 is 0 Å². The lowest BCUT2D eigenvalue weighted by Crippen LogP contribution is -2.39. The summed E-state index contributed by atoms with van der Waals surface area (Å²) in [5.41, 5.74) is 0.693. The van der Waals surface area contributed by atoms with Crippen LogP contribution in [0.25, 0.3) is 0 Å². The maximum atomic E-state index is 13.5. The van der Waals surface area contributed by atoms with Crippen molar-refractivity contribution in [3.8, 4) is 0 Å². The molecule has 0 bridgehead atoms. The molecular weight excluding hydrogens is 408 g/mol. The molecule has 0 spiro atoms. The maximum Gasteiger partial charge on any atom is 0.191 e. The summed E-state index contributed by atoms with van der Waals surface area (Å²) < 4.78 is 15.4. The number of guanidine groups is 1. The molecule has 5 nitrogen and oxygen atoms in total. The lowest BCUT2D eigenvalue weighted by atomic mass is 10.1. The Morgan fingerprint density at radius 3 is 2.78 bits per heavy atom. The zero-order chi connectivity index (χ0) is 15.6. The second-order valence-electron chi connectivity index (χ2n) is 4.80. The number of halogens is 2. The highest BCUT2D eigenvalue weighted by atomic mass is 127. The molecule has 1 aromatic heterocycles. The summed E-state index contributed by atoms with van der Waals surface area (Å²) in [5, 5.41) is 10.6. The van der Waals surface area contributed by atoms with Gasteiger partial charge in [-0.05, 0) is 31.0 Å². The molecule has 0 saturated heterocycles. The molecule has 126 valence electrons. The number of rotatable bonds is 7. The molecule has 0 atom stereocenters. The smallest absolute Gasteiger partial charge is 0.191 e. The van der Waals surface area contributed by atoms with Crippen LogP contribution in [0.1, 0.15) is 12.5 Å². The van der Waals surface area contributed by atoms with Crippen molar-refractivity contribution in [1.29, 1.82) is 0 Å². The largest absolute Gasteiger partial charge is 0.357 e. The van der Waals surface area contributed by atoms with Crippen LogP contribution in [0, 0.1) is 5.82 Å². The molecule has 1 aromatic carbocycles. The molecule has 2 rings (SSSR count). The average molecular weight is 431 g/mol. The van der Waals surface area contributed by atoms with Crippen LogP contribution in [0.4, 0.5) is 4.39 Å². The Balaban J connectivity index is 0.00000264. The third kappa shape index (κ3) is 6.98. The zero-order valence-corrected chi connectivity index (χ0v) is 15.5. The van der Waals surface area contributed by atoms with Crippen molar-refractivity contribution < 1.29 is 4.39 Å². The van der Waals surface area contributed by atoms with Gasteiger partial charge in [-0.2, -0.15) is 5.10 Å². The lowest BCUT2D eigenvalue weighted by molar-refractivity contribution is 0.597. The fourth-order valence-corrected chi connectivity index (χ4v) is 2.05. The van der Waals surface area contributed by atoms with Gasteiger partial charge in [-0.3, -0.25) is 9.67 Å². The summed E-state index contributed by atoms with van der Waals surface area (Å²) >= 11 is 0. The molecule has 0 amide bonds. The van der Waals surface area contributed by atoms with E-state index in [2.05, 4.69) is 20.7 Å². The Morgan fingerprint density at radius 1 is 1.26 bits per heavy atom. The first-order valence-electron chi connectivity index (χ1n) is 7.52. The third-order valence-corrected chi connectivity index (χ3v) is 3.15. The standard InChI is InChI=1S/C16H22FN5.HI/c1-2-18-16(20-11-13-22-12-5-9-21-22)19-10-8-14-6-3-4-7-15(14)17;/h3-7,9,12H,2,8,10-11,13H2,1H3,(H2,18,19,20);1H. The van der Waals surface area contributed by atoms with Gasteiger partial charge in [0.25, 0.3) is 0 Å². The van der Waals surface area contributed by atoms with Crippen LogP contribution in [0.5, 0.6) is 0 Å². The van der Waals surface area contributed by atoms with E-state index in [1.54, 1.807) is 18.3 Å². The van der Waals surface area contributed by atoms with Crippen molar-refractivity contribution in [2.45, 2.75) is 19.9 Å². The first kappa shape index (κ1) is 19.4. The summed E-state index contributed by atoms with van der Waals surface area (Å²) in [6, 6.07) is 8.71. The van der Waals surface area contributed by atoms with Crippen LogP contribution in [0.15, 0.2) is 47.7 Å². The second kappa shape index (κ2) is 11.0. The number of aromatic nitrogens is 2. The van der Waals surface area contributed by atoms with Gasteiger partial charge < -0.3 is 10.6 Å². The Labute approximate surface area is 153 Å². The third-order valence-electron chi connectivity index (χ3n) is 3.15. The van der Waals surface area contributed by atoms with Crippen LogP contribution in [-0.4, -0.2) is 35.4 Å². The maximum absolute atomic E-state index is 13.5. The van der Waals surface area contributed by atoms with E-state index in [-0.39, 0.29) is 29.8 Å². The van der Waals surface area contributed by atoms with Crippen LogP contribution >= 0.6 is 24.0 Å². The van der Waals surface area contributed by atoms with E-state index >= 15 is 0 Å². The van der Waals surface area contributed by atoms with E-state index in [0.29, 0.717) is 18.5 Å². The SMILES string of the molecule is CCNC(=NCCc1ccccc1F)NCCn1cccn1.I. The van der Waals surface area contributed by atoms with E-state index in [1.807, 2.05) is 29.9 Å². The molecule has 2 N–H and O–H groups in total. The summed E-state index contributed by atoms with van der Waals surface area (Å²) in [7, 11) is 0. The van der Waals surface area contributed by atoms with E-state index in [1.165, 1.54) is 6.07 Å². The monoisotopic (exact) mass is 431 g/mol. The molecular formula is C16H23FIN5. The number of benzene rings is 1. The molecule has 0 unspecified atom stereocenters. The van der Waals surface area contributed by atoms with Crippen LogP contribution in [-0.2, 0) is 13.0 Å². The van der Waals surface area contributed by atoms with E-state index in [0.717, 1.165) is 25.6 Å². The number of nitrogens with zero attached hydrogens (tertiary/aromatic N) is 3. The molecule has 0 radical (unpaired) electrons. The summed E-state index contributed by atoms with van der Waals surface area (Å²) in [5.74, 6) is 0.570. The predicted molar refractivity (Wildman–Crippen MR) is 102 cm³/mol. The first-order chi connectivity index (χ1) is 10.8. The van der Waals surface area contributed by atoms with E-state index in [9.17, 15) is 4.39 Å². The van der Waals surface area contributed by atoms with E-state index in [4.69, 9.17) is 0 Å². The Kier molecular flexibility index (Phi) is 9.27. The minimum absolute atomic E-state index is 0. The molecule has 2 aromatic rings. The Morgan fingerprint density at radius 2 is 2.09 bits per heavy atom. The average Bonchev–Trinajstić information content (AvgIpc) is 3.02. The highest BCUT2D eigenvalue weighted by Crippen LogP contribution is 2.06. The second-order valence-corrected chi connectivity index (χ2v) is 4.80. The van der Waals surface area contributed by atoms with Crippen molar-refractivity contribution >= 4 is 29.9 Å². The minimum Gasteiger partial charge on any atom is -0.357 e. The fraction of sp³-hybridized carbons (Fsp3) is 0.375. The van der Waals surface area contributed by atoms with Gasteiger partial charge in [-0.1, -0.05) is 18.2 Å². The van der Waals surface area contributed by atoms with Gasteiger partial charge in [0.15, 0.2) is 5.96 Å². The van der Waals surface area contributed by atoms with Crippen molar-refractivity contribution in [2.24, 2.45) is 4.99 Å². The lowest BCUT2D eigenvalue weighted by Gasteiger charge is -2.11. The topological polar surface area (TPSA) is 54.2 Å². The highest BCUT2D eigenvalue weighted by molar-refractivity contribution is 14.0. The van der Waals surface area contributed by atoms with Crippen molar-refractivity contribution in [2.75, 3.05) is 19.6 Å². The van der Waals surface area contributed by atoms with Gasteiger partial charge in [0, 0.05) is 32.0 Å². The van der Waals surface area contributed by atoms with Gasteiger partial charge in [0.05, 0.1) is 6.54 Å². The molecule has 0 aliphatic carbocycles. The summed E-state index contributed by atoms with van der Waals surface area (Å²) in [6.07, 6.45) is 4.26. The van der Waals surface area contributed by atoms with Gasteiger partial charge in [-0.25, -0.2) is 4.39 Å². The van der Waals surface area contributed by atoms with E-state index < -0.39 is 0 Å². The molecule has 0 fully saturated rings. The number of nitrogens with one attached hydrogen (secondary N) is 2. The molecule has 0 saturated carbocycles. The van der Waals surface area contributed by atoms with Crippen molar-refractivity contribution in [3.63, 3.8) is 0 Å². The Hall–Kier alpha value is -1.64. The molecule has 0 aliphatic heterocycles. The summed E-state index contributed by atoms with van der Waals surface area (Å²) in [4.78, 5) is 4.47. The molecule has 23 heavy (non-hydrogen) atoms. The minimum atomic E-state index is -0.172. The predicted octanol–water partition coefficient (Wildman–Crippen LogP) is 2.44. The molecule has 0 aliphatic rings. The fourth-order valence-electron chi connectivity index (χ4n) is 2.05. The quantitative estimate of drug-likeness (QED) is 0.403. The van der Waals surface area contributed by atoms with Gasteiger partial charge in [0.2, 0.25) is 0 Å². The molecule has 7 heteroatoms. The first-order valence-corrected chi connectivity index (χ1v) is 7.52. The zero-order valence-electron chi connectivity index (χ0n) is 13.2. The van der Waals surface area contributed by atoms with Gasteiger partial charge in [0.1, 0.15) is 5.82 Å². The molecule has 1 heterocycles. The highest BCUT2D eigenvalue weighted by Gasteiger charge is 2.01. The Bertz CT molecular complexity index is 586. The van der Waals surface area contributed by atoms with Crippen LogP contribution in [0.2, 0.25) is 0 Å². The van der Waals surface area contributed by atoms with Gasteiger partial charge in [-0.15, -0.1) is 24.0 Å².